The van der Waals surface area contributed by atoms with Gasteiger partial charge in [-0.15, -0.1) is 0 Å². The first kappa shape index (κ1) is 11.0. The van der Waals surface area contributed by atoms with Crippen LogP contribution >= 0.6 is 0 Å². The summed E-state index contributed by atoms with van der Waals surface area (Å²) in [5.74, 6) is 0. The van der Waals surface area contributed by atoms with E-state index in [2.05, 4.69) is 36.3 Å². The molecule has 0 aliphatic carbocycles. The lowest BCUT2D eigenvalue weighted by Gasteiger charge is -2.30. The van der Waals surface area contributed by atoms with E-state index in [0.29, 0.717) is 0 Å². The van der Waals surface area contributed by atoms with Gasteiger partial charge in [0.25, 0.3) is 0 Å². The van der Waals surface area contributed by atoms with Gasteiger partial charge in [-0.3, -0.25) is 0 Å². The number of nitrogens with one attached hydrogen (secondary N) is 1. The Morgan fingerprint density at radius 3 is 2.85 bits per heavy atom. The third kappa shape index (κ3) is 4.60. The zero-order chi connectivity index (χ0) is 9.68. The number of nitrogens with zero attached hydrogens (tertiary/aromatic N) is 2. The summed E-state index contributed by atoms with van der Waals surface area (Å²) in [4.78, 5) is 4.64. The SMILES string of the molecule is CN(C)CCNC1CCCN(C)C1. The van der Waals surface area contributed by atoms with Crippen molar-refractivity contribution in [2.75, 3.05) is 47.3 Å². The van der Waals surface area contributed by atoms with E-state index in [0.717, 1.165) is 19.1 Å². The summed E-state index contributed by atoms with van der Waals surface area (Å²) in [5, 5.41) is 3.60. The van der Waals surface area contributed by atoms with Crippen LogP contribution in [0, 0.1) is 0 Å². The number of piperidine rings is 1. The smallest absolute Gasteiger partial charge is 0.0195 e. The van der Waals surface area contributed by atoms with E-state index in [9.17, 15) is 0 Å². The maximum Gasteiger partial charge on any atom is 0.0195 e. The summed E-state index contributed by atoms with van der Waals surface area (Å²) in [6.45, 7) is 4.74. The minimum atomic E-state index is 0.721. The van der Waals surface area contributed by atoms with Gasteiger partial charge in [-0.1, -0.05) is 0 Å². The largest absolute Gasteiger partial charge is 0.311 e. The maximum atomic E-state index is 3.60. The van der Waals surface area contributed by atoms with Gasteiger partial charge in [-0.25, -0.2) is 0 Å². The van der Waals surface area contributed by atoms with Crippen molar-refractivity contribution in [1.82, 2.24) is 15.1 Å². The van der Waals surface area contributed by atoms with E-state index in [4.69, 9.17) is 0 Å². The number of likely N-dealkylation sites (N-methyl/N-ethyl adjacent to an activating group) is 2. The molecule has 0 amide bonds. The highest BCUT2D eigenvalue weighted by atomic mass is 15.1. The fourth-order valence-electron chi connectivity index (χ4n) is 1.83. The number of rotatable bonds is 4. The van der Waals surface area contributed by atoms with E-state index in [1.54, 1.807) is 0 Å². The van der Waals surface area contributed by atoms with Crippen molar-refractivity contribution in [2.24, 2.45) is 0 Å². The third-order valence-corrected chi connectivity index (χ3v) is 2.62. The lowest BCUT2D eigenvalue weighted by atomic mass is 10.1. The Balaban J connectivity index is 2.06. The summed E-state index contributed by atoms with van der Waals surface area (Å²) >= 11 is 0. The molecule has 0 bridgehead atoms. The van der Waals surface area contributed by atoms with Crippen LogP contribution in [0.1, 0.15) is 12.8 Å². The zero-order valence-corrected chi connectivity index (χ0v) is 9.21. The summed E-state index contributed by atoms with van der Waals surface area (Å²) < 4.78 is 0. The van der Waals surface area contributed by atoms with Gasteiger partial charge in [-0.05, 0) is 40.5 Å². The van der Waals surface area contributed by atoms with Crippen molar-refractivity contribution in [3.63, 3.8) is 0 Å². The molecule has 0 aromatic rings. The molecule has 1 heterocycles. The number of hydrogen-bond donors (Lipinski definition) is 1. The molecule has 1 N–H and O–H groups in total. The quantitative estimate of drug-likeness (QED) is 0.676. The Morgan fingerprint density at radius 2 is 2.23 bits per heavy atom. The molecule has 13 heavy (non-hydrogen) atoms. The van der Waals surface area contributed by atoms with Crippen molar-refractivity contribution in [3.8, 4) is 0 Å². The predicted molar refractivity (Wildman–Crippen MR) is 57.1 cm³/mol. The second kappa shape index (κ2) is 5.58. The summed E-state index contributed by atoms with van der Waals surface area (Å²) in [6, 6.07) is 0.721. The van der Waals surface area contributed by atoms with Crippen molar-refractivity contribution in [3.05, 3.63) is 0 Å². The Morgan fingerprint density at radius 1 is 1.46 bits per heavy atom. The van der Waals surface area contributed by atoms with Crippen LogP contribution in [0.4, 0.5) is 0 Å². The molecule has 1 fully saturated rings. The van der Waals surface area contributed by atoms with Gasteiger partial charge in [0.1, 0.15) is 0 Å². The van der Waals surface area contributed by atoms with Gasteiger partial charge in [0.15, 0.2) is 0 Å². The number of hydrogen-bond acceptors (Lipinski definition) is 3. The molecule has 0 radical (unpaired) electrons. The molecular weight excluding hydrogens is 162 g/mol. The topological polar surface area (TPSA) is 18.5 Å². The summed E-state index contributed by atoms with van der Waals surface area (Å²) in [7, 11) is 6.45. The highest BCUT2D eigenvalue weighted by molar-refractivity contribution is 4.76. The zero-order valence-electron chi connectivity index (χ0n) is 9.21. The van der Waals surface area contributed by atoms with Crippen LogP contribution in [0.2, 0.25) is 0 Å². The van der Waals surface area contributed by atoms with E-state index in [1.165, 1.54) is 25.9 Å². The third-order valence-electron chi connectivity index (χ3n) is 2.62. The molecule has 1 atom stereocenters. The highest BCUT2D eigenvalue weighted by Crippen LogP contribution is 2.07. The molecule has 1 saturated heterocycles. The van der Waals surface area contributed by atoms with Crippen molar-refractivity contribution < 1.29 is 0 Å². The minimum absolute atomic E-state index is 0.721. The molecular formula is C10H23N3. The summed E-state index contributed by atoms with van der Waals surface area (Å²) in [5.41, 5.74) is 0. The molecule has 3 nitrogen and oxygen atoms in total. The minimum Gasteiger partial charge on any atom is -0.311 e. The molecule has 1 aliphatic heterocycles. The fourth-order valence-corrected chi connectivity index (χ4v) is 1.83. The highest BCUT2D eigenvalue weighted by Gasteiger charge is 2.15. The number of likely N-dealkylation sites (tertiary alicyclic amines) is 1. The van der Waals surface area contributed by atoms with Crippen LogP contribution in [0.3, 0.4) is 0 Å². The Bertz CT molecular complexity index is 136. The van der Waals surface area contributed by atoms with Crippen LogP contribution in [0.15, 0.2) is 0 Å². The molecule has 78 valence electrons. The average Bonchev–Trinajstić information content (AvgIpc) is 2.03. The van der Waals surface area contributed by atoms with Crippen LogP contribution in [-0.2, 0) is 0 Å². The molecule has 0 aromatic carbocycles. The molecule has 0 spiro atoms. The first-order chi connectivity index (χ1) is 6.18. The molecule has 1 rings (SSSR count). The standard InChI is InChI=1S/C10H23N3/c1-12(2)8-6-11-10-5-4-7-13(3)9-10/h10-11H,4-9H2,1-3H3. The maximum absolute atomic E-state index is 3.60. The molecule has 0 aromatic heterocycles. The lowest BCUT2D eigenvalue weighted by Crippen LogP contribution is -2.45. The van der Waals surface area contributed by atoms with E-state index < -0.39 is 0 Å². The van der Waals surface area contributed by atoms with Crippen molar-refractivity contribution in [1.29, 1.82) is 0 Å². The van der Waals surface area contributed by atoms with E-state index in [1.807, 2.05) is 0 Å². The van der Waals surface area contributed by atoms with Gasteiger partial charge in [0.2, 0.25) is 0 Å². The average molecular weight is 185 g/mol. The van der Waals surface area contributed by atoms with Crippen LogP contribution in [-0.4, -0.2) is 63.2 Å². The second-order valence-electron chi connectivity index (χ2n) is 4.36. The monoisotopic (exact) mass is 185 g/mol. The van der Waals surface area contributed by atoms with Crippen molar-refractivity contribution >= 4 is 0 Å². The summed E-state index contributed by atoms with van der Waals surface area (Å²) in [6.07, 6.45) is 2.69. The van der Waals surface area contributed by atoms with Crippen LogP contribution in [0.25, 0.3) is 0 Å². The van der Waals surface area contributed by atoms with E-state index >= 15 is 0 Å². The van der Waals surface area contributed by atoms with Gasteiger partial charge < -0.3 is 15.1 Å². The van der Waals surface area contributed by atoms with Gasteiger partial charge in [0.05, 0.1) is 0 Å². The van der Waals surface area contributed by atoms with Gasteiger partial charge in [-0.2, -0.15) is 0 Å². The Hall–Kier alpha value is -0.120. The first-order valence-corrected chi connectivity index (χ1v) is 5.25. The van der Waals surface area contributed by atoms with E-state index in [-0.39, 0.29) is 0 Å². The normalized spacial score (nSPS) is 25.4. The van der Waals surface area contributed by atoms with Gasteiger partial charge in [0, 0.05) is 25.7 Å². The fraction of sp³-hybridized carbons (Fsp3) is 1.00. The van der Waals surface area contributed by atoms with Gasteiger partial charge >= 0.3 is 0 Å². The molecule has 1 unspecified atom stereocenters. The molecule has 0 saturated carbocycles. The molecule has 3 heteroatoms. The Labute approximate surface area is 82.1 Å². The molecule has 1 aliphatic rings. The van der Waals surface area contributed by atoms with Crippen molar-refractivity contribution in [2.45, 2.75) is 18.9 Å². The first-order valence-electron chi connectivity index (χ1n) is 5.25. The lowest BCUT2D eigenvalue weighted by molar-refractivity contribution is 0.224. The predicted octanol–water partition coefficient (Wildman–Crippen LogP) is 0.232. The Kier molecular flexibility index (Phi) is 4.70. The second-order valence-corrected chi connectivity index (χ2v) is 4.36. The van der Waals surface area contributed by atoms with Crippen LogP contribution < -0.4 is 5.32 Å². The van der Waals surface area contributed by atoms with Crippen LogP contribution in [0.5, 0.6) is 0 Å².